The summed E-state index contributed by atoms with van der Waals surface area (Å²) < 4.78 is 5.51. The van der Waals surface area contributed by atoms with E-state index in [1.807, 2.05) is 6.07 Å². The van der Waals surface area contributed by atoms with E-state index in [0.29, 0.717) is 17.5 Å². The van der Waals surface area contributed by atoms with Crippen molar-refractivity contribution in [2.24, 2.45) is 0 Å². The number of anilines is 1. The summed E-state index contributed by atoms with van der Waals surface area (Å²) in [6.07, 6.45) is 9.88. The fraction of sp³-hybridized carbons (Fsp3) is 0.381. The van der Waals surface area contributed by atoms with Crippen LogP contribution in [0.3, 0.4) is 0 Å². The number of nitrogens with two attached hydrogens (primary N) is 1. The summed E-state index contributed by atoms with van der Waals surface area (Å²) in [5, 5.41) is 4.12. The molecule has 2 aromatic heterocycles. The van der Waals surface area contributed by atoms with Gasteiger partial charge in [0.1, 0.15) is 5.82 Å². The van der Waals surface area contributed by atoms with Gasteiger partial charge >= 0.3 is 0 Å². The lowest BCUT2D eigenvalue weighted by atomic mass is 9.67. The molecule has 1 fully saturated rings. The van der Waals surface area contributed by atoms with Crippen molar-refractivity contribution < 1.29 is 4.52 Å². The molecule has 3 aromatic rings. The molecular weight excluding hydrogens is 324 g/mol. The molecule has 0 aliphatic heterocycles. The first-order valence-corrected chi connectivity index (χ1v) is 9.35. The Kier molecular flexibility index (Phi) is 4.69. The average molecular weight is 348 g/mol. The molecule has 2 N–H and O–H groups in total. The first-order chi connectivity index (χ1) is 12.8. The maximum atomic E-state index is 5.74. The molecule has 0 bridgehead atoms. The molecule has 1 saturated carbocycles. The van der Waals surface area contributed by atoms with Crippen LogP contribution in [0.4, 0.5) is 5.82 Å². The summed E-state index contributed by atoms with van der Waals surface area (Å²) >= 11 is 0. The molecule has 1 aliphatic carbocycles. The van der Waals surface area contributed by atoms with E-state index in [2.05, 4.69) is 45.5 Å². The van der Waals surface area contributed by atoms with Gasteiger partial charge in [0.05, 0.1) is 0 Å². The number of benzene rings is 1. The maximum absolute atomic E-state index is 5.74. The van der Waals surface area contributed by atoms with Crippen LogP contribution in [0.5, 0.6) is 0 Å². The van der Waals surface area contributed by atoms with Crippen LogP contribution >= 0.6 is 0 Å². The lowest BCUT2D eigenvalue weighted by Gasteiger charge is -2.38. The van der Waals surface area contributed by atoms with Crippen LogP contribution in [0.15, 0.2) is 53.2 Å². The highest BCUT2D eigenvalue weighted by Gasteiger charge is 2.33. The van der Waals surface area contributed by atoms with E-state index in [9.17, 15) is 0 Å². The van der Waals surface area contributed by atoms with Crippen molar-refractivity contribution in [1.29, 1.82) is 0 Å². The summed E-state index contributed by atoms with van der Waals surface area (Å²) in [4.78, 5) is 8.57. The Morgan fingerprint density at radius 1 is 1.04 bits per heavy atom. The van der Waals surface area contributed by atoms with E-state index in [4.69, 9.17) is 10.3 Å². The van der Waals surface area contributed by atoms with Gasteiger partial charge in [-0.1, -0.05) is 54.8 Å². The molecule has 5 nitrogen and oxygen atoms in total. The molecule has 134 valence electrons. The van der Waals surface area contributed by atoms with Gasteiger partial charge in [-0.2, -0.15) is 4.98 Å². The van der Waals surface area contributed by atoms with Crippen LogP contribution in [-0.4, -0.2) is 15.1 Å². The molecule has 2 heterocycles. The van der Waals surface area contributed by atoms with Crippen LogP contribution < -0.4 is 5.73 Å². The molecule has 0 saturated heterocycles. The summed E-state index contributed by atoms with van der Waals surface area (Å²) in [6, 6.07) is 14.5. The van der Waals surface area contributed by atoms with Crippen LogP contribution in [0.25, 0.3) is 11.4 Å². The Bertz CT molecular complexity index is 853. The molecule has 0 atom stereocenters. The zero-order chi connectivity index (χ0) is 17.8. The lowest BCUT2D eigenvalue weighted by molar-refractivity contribution is 0.261. The first kappa shape index (κ1) is 16.8. The predicted octanol–water partition coefficient (Wildman–Crippen LogP) is 4.55. The minimum Gasteiger partial charge on any atom is -0.384 e. The molecule has 0 amide bonds. The number of pyridine rings is 1. The molecular formula is C21H24N4O. The number of nitrogen functional groups attached to an aromatic ring is 1. The minimum atomic E-state index is 0.231. The Labute approximate surface area is 153 Å². The standard InChI is InChI=1S/C21H24N4O/c22-18-15-16(10-14-23-18)20-24-19(26-25-20)9-13-21(11-5-2-6-12-21)17-7-3-1-4-8-17/h1,3-4,7-8,10,14-15H,2,5-6,9,11-13H2,(H2,22,23). The topological polar surface area (TPSA) is 77.8 Å². The fourth-order valence-electron chi connectivity index (χ4n) is 4.11. The van der Waals surface area contributed by atoms with E-state index < -0.39 is 0 Å². The van der Waals surface area contributed by atoms with Gasteiger partial charge in [-0.3, -0.25) is 0 Å². The third-order valence-corrected chi connectivity index (χ3v) is 5.52. The second-order valence-electron chi connectivity index (χ2n) is 7.19. The van der Waals surface area contributed by atoms with Crippen molar-refractivity contribution in [3.8, 4) is 11.4 Å². The molecule has 0 spiro atoms. The van der Waals surface area contributed by atoms with E-state index >= 15 is 0 Å². The molecule has 0 unspecified atom stereocenters. The van der Waals surface area contributed by atoms with Gasteiger partial charge in [-0.15, -0.1) is 0 Å². The highest BCUT2D eigenvalue weighted by molar-refractivity contribution is 5.57. The highest BCUT2D eigenvalue weighted by atomic mass is 16.5. The van der Waals surface area contributed by atoms with Gasteiger partial charge in [0.25, 0.3) is 0 Å². The third kappa shape index (κ3) is 3.47. The number of hydrogen-bond donors (Lipinski definition) is 1. The number of rotatable bonds is 5. The van der Waals surface area contributed by atoms with Crippen LogP contribution in [0.1, 0.15) is 50.0 Å². The SMILES string of the molecule is Nc1cc(-c2noc(CCC3(c4ccccc4)CCCCC3)n2)ccn1. The van der Waals surface area contributed by atoms with E-state index in [0.717, 1.165) is 18.4 Å². The van der Waals surface area contributed by atoms with Gasteiger partial charge in [-0.25, -0.2) is 4.98 Å². The van der Waals surface area contributed by atoms with Gasteiger partial charge < -0.3 is 10.3 Å². The Balaban J connectivity index is 1.52. The average Bonchev–Trinajstić information content (AvgIpc) is 3.17. The maximum Gasteiger partial charge on any atom is 0.226 e. The summed E-state index contributed by atoms with van der Waals surface area (Å²) in [5.41, 5.74) is 8.26. The monoisotopic (exact) mass is 348 g/mol. The van der Waals surface area contributed by atoms with Crippen molar-refractivity contribution in [2.45, 2.75) is 50.4 Å². The van der Waals surface area contributed by atoms with Crippen LogP contribution in [0, 0.1) is 0 Å². The van der Waals surface area contributed by atoms with Crippen molar-refractivity contribution >= 4 is 5.82 Å². The van der Waals surface area contributed by atoms with Crippen LogP contribution in [-0.2, 0) is 11.8 Å². The van der Waals surface area contributed by atoms with Gasteiger partial charge in [0.2, 0.25) is 11.7 Å². The molecule has 26 heavy (non-hydrogen) atoms. The van der Waals surface area contributed by atoms with Crippen molar-refractivity contribution in [1.82, 2.24) is 15.1 Å². The Morgan fingerprint density at radius 3 is 2.62 bits per heavy atom. The second-order valence-corrected chi connectivity index (χ2v) is 7.19. The lowest BCUT2D eigenvalue weighted by Crippen LogP contribution is -2.29. The molecule has 0 radical (unpaired) electrons. The highest BCUT2D eigenvalue weighted by Crippen LogP contribution is 2.42. The largest absolute Gasteiger partial charge is 0.384 e. The number of aromatic nitrogens is 3. The quantitative estimate of drug-likeness (QED) is 0.732. The summed E-state index contributed by atoms with van der Waals surface area (Å²) in [7, 11) is 0. The second kappa shape index (κ2) is 7.28. The van der Waals surface area contributed by atoms with Gasteiger partial charge in [-0.05, 0) is 42.4 Å². The van der Waals surface area contributed by atoms with Crippen molar-refractivity contribution in [3.05, 3.63) is 60.1 Å². The zero-order valence-electron chi connectivity index (χ0n) is 14.9. The van der Waals surface area contributed by atoms with Crippen molar-refractivity contribution in [3.63, 3.8) is 0 Å². The van der Waals surface area contributed by atoms with E-state index in [1.165, 1.54) is 37.7 Å². The Morgan fingerprint density at radius 2 is 1.85 bits per heavy atom. The van der Waals surface area contributed by atoms with E-state index in [-0.39, 0.29) is 5.41 Å². The zero-order valence-corrected chi connectivity index (χ0v) is 14.9. The summed E-state index contributed by atoms with van der Waals surface area (Å²) in [5.74, 6) is 1.72. The molecule has 4 rings (SSSR count). The number of nitrogens with zero attached hydrogens (tertiary/aromatic N) is 3. The fourth-order valence-corrected chi connectivity index (χ4v) is 4.11. The minimum absolute atomic E-state index is 0.231. The third-order valence-electron chi connectivity index (χ3n) is 5.52. The van der Waals surface area contributed by atoms with Crippen LogP contribution in [0.2, 0.25) is 0 Å². The normalized spacial score (nSPS) is 16.5. The van der Waals surface area contributed by atoms with Crippen molar-refractivity contribution in [2.75, 3.05) is 5.73 Å². The molecule has 5 heteroatoms. The molecule has 1 aromatic carbocycles. The van der Waals surface area contributed by atoms with Gasteiger partial charge in [0, 0.05) is 18.2 Å². The van der Waals surface area contributed by atoms with Gasteiger partial charge in [0.15, 0.2) is 0 Å². The smallest absolute Gasteiger partial charge is 0.226 e. The van der Waals surface area contributed by atoms with E-state index in [1.54, 1.807) is 12.3 Å². The molecule has 1 aliphatic rings. The first-order valence-electron chi connectivity index (χ1n) is 9.35. The Hall–Kier alpha value is -2.69. The number of aryl methyl sites for hydroxylation is 1. The predicted molar refractivity (Wildman–Crippen MR) is 101 cm³/mol. The number of hydrogen-bond acceptors (Lipinski definition) is 5. The summed E-state index contributed by atoms with van der Waals surface area (Å²) in [6.45, 7) is 0.